The van der Waals surface area contributed by atoms with Gasteiger partial charge in [-0.15, -0.1) is 0 Å². The van der Waals surface area contributed by atoms with E-state index in [4.69, 9.17) is 10.5 Å². The standard InChI is InChI=1S/C18H19N3O4/c1-2-15(25-18(19)24)17(23)21-14-11-7-6-10-13(14)16(22)20-12-8-4-3-5-9-12/h3-11,15H,2H2,1H3,(H2,19,24)(H,20,22)(H,21,23)/t15-/m1/s1. The maximum Gasteiger partial charge on any atom is 0.405 e. The van der Waals surface area contributed by atoms with Crippen LogP contribution in [0.4, 0.5) is 16.2 Å². The molecule has 3 amide bonds. The van der Waals surface area contributed by atoms with E-state index in [1.807, 2.05) is 6.07 Å². The molecule has 7 heteroatoms. The number of benzene rings is 2. The van der Waals surface area contributed by atoms with E-state index < -0.39 is 18.1 Å². The minimum Gasteiger partial charge on any atom is -0.436 e. The van der Waals surface area contributed by atoms with Crippen LogP contribution in [0.1, 0.15) is 23.7 Å². The summed E-state index contributed by atoms with van der Waals surface area (Å²) in [4.78, 5) is 35.6. The molecule has 0 saturated carbocycles. The molecule has 2 aromatic carbocycles. The minimum absolute atomic E-state index is 0.257. The predicted molar refractivity (Wildman–Crippen MR) is 94.2 cm³/mol. The Bertz CT molecular complexity index is 762. The van der Waals surface area contributed by atoms with Gasteiger partial charge < -0.3 is 21.1 Å². The van der Waals surface area contributed by atoms with Crippen LogP contribution in [0.15, 0.2) is 54.6 Å². The van der Waals surface area contributed by atoms with Crippen molar-refractivity contribution >= 4 is 29.3 Å². The number of amides is 3. The molecule has 1 atom stereocenters. The minimum atomic E-state index is -1.03. The van der Waals surface area contributed by atoms with Crippen LogP contribution in [0.25, 0.3) is 0 Å². The van der Waals surface area contributed by atoms with E-state index in [0.717, 1.165) is 0 Å². The van der Waals surface area contributed by atoms with Crippen molar-refractivity contribution in [2.24, 2.45) is 5.73 Å². The van der Waals surface area contributed by atoms with E-state index in [1.165, 1.54) is 0 Å². The molecule has 0 radical (unpaired) electrons. The lowest BCUT2D eigenvalue weighted by atomic mass is 10.1. The molecule has 0 heterocycles. The Balaban J connectivity index is 2.15. The molecule has 0 aliphatic carbocycles. The molecule has 0 aromatic heterocycles. The summed E-state index contributed by atoms with van der Waals surface area (Å²) in [6, 6.07) is 15.5. The van der Waals surface area contributed by atoms with E-state index in [1.54, 1.807) is 55.5 Å². The molecular weight excluding hydrogens is 322 g/mol. The van der Waals surface area contributed by atoms with Gasteiger partial charge in [-0.25, -0.2) is 4.79 Å². The first kappa shape index (κ1) is 18.0. The Labute approximate surface area is 145 Å². The summed E-state index contributed by atoms with van der Waals surface area (Å²) in [6.07, 6.45) is -1.80. The van der Waals surface area contributed by atoms with E-state index >= 15 is 0 Å². The number of nitrogens with one attached hydrogen (secondary N) is 2. The van der Waals surface area contributed by atoms with E-state index in [2.05, 4.69) is 10.6 Å². The number of primary amides is 1. The van der Waals surface area contributed by atoms with Gasteiger partial charge in [0.1, 0.15) is 0 Å². The molecule has 7 nitrogen and oxygen atoms in total. The molecule has 0 spiro atoms. The van der Waals surface area contributed by atoms with Gasteiger partial charge in [-0.1, -0.05) is 37.3 Å². The number of carbonyl (C=O) groups is 3. The molecule has 2 aromatic rings. The van der Waals surface area contributed by atoms with Crippen molar-refractivity contribution in [3.8, 4) is 0 Å². The SMILES string of the molecule is CC[C@@H](OC(N)=O)C(=O)Nc1ccccc1C(=O)Nc1ccccc1. The Kier molecular flexibility index (Phi) is 6.11. The zero-order chi connectivity index (χ0) is 18.2. The van der Waals surface area contributed by atoms with Crippen molar-refractivity contribution in [1.82, 2.24) is 0 Å². The second-order valence-corrected chi connectivity index (χ2v) is 5.19. The average Bonchev–Trinajstić information content (AvgIpc) is 2.60. The summed E-state index contributed by atoms with van der Waals surface area (Å²) in [5, 5.41) is 5.35. The molecule has 2 rings (SSSR count). The van der Waals surface area contributed by atoms with E-state index in [-0.39, 0.29) is 17.9 Å². The van der Waals surface area contributed by atoms with Crippen LogP contribution < -0.4 is 16.4 Å². The quantitative estimate of drug-likeness (QED) is 0.750. The summed E-state index contributed by atoms with van der Waals surface area (Å²) in [5.74, 6) is -0.924. The highest BCUT2D eigenvalue weighted by atomic mass is 16.6. The lowest BCUT2D eigenvalue weighted by molar-refractivity contribution is -0.124. The first-order valence-corrected chi connectivity index (χ1v) is 7.73. The Hall–Kier alpha value is -3.35. The molecule has 25 heavy (non-hydrogen) atoms. The van der Waals surface area contributed by atoms with Crippen LogP contribution in [0.2, 0.25) is 0 Å². The van der Waals surface area contributed by atoms with Crippen LogP contribution >= 0.6 is 0 Å². The zero-order valence-electron chi connectivity index (χ0n) is 13.7. The third-order valence-electron chi connectivity index (χ3n) is 3.38. The summed E-state index contributed by atoms with van der Waals surface area (Å²) in [7, 11) is 0. The number of hydrogen-bond donors (Lipinski definition) is 3. The van der Waals surface area contributed by atoms with Crippen LogP contribution in [0, 0.1) is 0 Å². The number of rotatable bonds is 6. The average molecular weight is 341 g/mol. The second-order valence-electron chi connectivity index (χ2n) is 5.19. The van der Waals surface area contributed by atoms with Crippen LogP contribution in [0.3, 0.4) is 0 Å². The van der Waals surface area contributed by atoms with Crippen molar-refractivity contribution in [2.45, 2.75) is 19.4 Å². The van der Waals surface area contributed by atoms with E-state index in [9.17, 15) is 14.4 Å². The summed E-state index contributed by atoms with van der Waals surface area (Å²) in [5.41, 5.74) is 6.19. The van der Waals surface area contributed by atoms with Crippen LogP contribution in [-0.4, -0.2) is 24.0 Å². The van der Waals surface area contributed by atoms with Crippen molar-refractivity contribution in [3.63, 3.8) is 0 Å². The highest BCUT2D eigenvalue weighted by molar-refractivity contribution is 6.10. The molecule has 0 unspecified atom stereocenters. The molecule has 0 bridgehead atoms. The summed E-state index contributed by atoms with van der Waals surface area (Å²) in [6.45, 7) is 1.68. The number of para-hydroxylation sites is 2. The normalized spacial score (nSPS) is 11.2. The highest BCUT2D eigenvalue weighted by Crippen LogP contribution is 2.18. The Morgan fingerprint density at radius 1 is 1.00 bits per heavy atom. The lowest BCUT2D eigenvalue weighted by Crippen LogP contribution is -2.34. The fourth-order valence-electron chi connectivity index (χ4n) is 2.19. The topological polar surface area (TPSA) is 111 Å². The molecule has 0 fully saturated rings. The summed E-state index contributed by atoms with van der Waals surface area (Å²) < 4.78 is 4.76. The number of ether oxygens (including phenoxy) is 1. The van der Waals surface area contributed by atoms with Gasteiger partial charge in [-0.05, 0) is 30.7 Å². The smallest absolute Gasteiger partial charge is 0.405 e. The van der Waals surface area contributed by atoms with Gasteiger partial charge in [0, 0.05) is 5.69 Å². The largest absolute Gasteiger partial charge is 0.436 e. The fraction of sp³-hybridized carbons (Fsp3) is 0.167. The first-order chi connectivity index (χ1) is 12.0. The van der Waals surface area contributed by atoms with Crippen molar-refractivity contribution in [2.75, 3.05) is 10.6 Å². The molecule has 0 aliphatic rings. The Morgan fingerprint density at radius 2 is 1.64 bits per heavy atom. The van der Waals surface area contributed by atoms with Gasteiger partial charge in [0.15, 0.2) is 6.10 Å². The first-order valence-electron chi connectivity index (χ1n) is 7.73. The van der Waals surface area contributed by atoms with Gasteiger partial charge >= 0.3 is 6.09 Å². The van der Waals surface area contributed by atoms with Gasteiger partial charge in [0.05, 0.1) is 11.3 Å². The van der Waals surface area contributed by atoms with E-state index in [0.29, 0.717) is 11.4 Å². The van der Waals surface area contributed by atoms with Gasteiger partial charge in [-0.2, -0.15) is 0 Å². The number of anilines is 2. The van der Waals surface area contributed by atoms with Crippen LogP contribution in [-0.2, 0) is 9.53 Å². The van der Waals surface area contributed by atoms with Gasteiger partial charge in [0.25, 0.3) is 11.8 Å². The molecular formula is C18H19N3O4. The van der Waals surface area contributed by atoms with Crippen molar-refractivity contribution in [3.05, 3.63) is 60.2 Å². The third kappa shape index (κ3) is 5.07. The van der Waals surface area contributed by atoms with Gasteiger partial charge in [0.2, 0.25) is 0 Å². The van der Waals surface area contributed by atoms with Crippen molar-refractivity contribution in [1.29, 1.82) is 0 Å². The fourth-order valence-corrected chi connectivity index (χ4v) is 2.19. The number of nitrogens with two attached hydrogens (primary N) is 1. The maximum atomic E-state index is 12.5. The number of hydrogen-bond acceptors (Lipinski definition) is 4. The van der Waals surface area contributed by atoms with Crippen molar-refractivity contribution < 1.29 is 19.1 Å². The summed E-state index contributed by atoms with van der Waals surface area (Å²) >= 11 is 0. The van der Waals surface area contributed by atoms with Crippen LogP contribution in [0.5, 0.6) is 0 Å². The second kappa shape index (κ2) is 8.49. The molecule has 130 valence electrons. The third-order valence-corrected chi connectivity index (χ3v) is 3.38. The highest BCUT2D eigenvalue weighted by Gasteiger charge is 2.22. The molecule has 0 aliphatic heterocycles. The Morgan fingerprint density at radius 3 is 2.28 bits per heavy atom. The predicted octanol–water partition coefficient (Wildman–Crippen LogP) is 2.75. The molecule has 4 N–H and O–H groups in total. The monoisotopic (exact) mass is 341 g/mol. The molecule has 0 saturated heterocycles. The zero-order valence-corrected chi connectivity index (χ0v) is 13.7. The maximum absolute atomic E-state index is 12.5. The lowest BCUT2D eigenvalue weighted by Gasteiger charge is -2.16. The number of carbonyl (C=O) groups excluding carboxylic acids is 3. The van der Waals surface area contributed by atoms with Gasteiger partial charge in [-0.3, -0.25) is 9.59 Å².